The Morgan fingerprint density at radius 3 is 2.63 bits per heavy atom. The van der Waals surface area contributed by atoms with E-state index in [9.17, 15) is 4.79 Å². The summed E-state index contributed by atoms with van der Waals surface area (Å²) in [6.07, 6.45) is 6.34. The molecule has 30 heavy (non-hydrogen) atoms. The van der Waals surface area contributed by atoms with Crippen molar-refractivity contribution in [3.63, 3.8) is 0 Å². The standard InChI is InChI=1S/C22H28BrN3O3S/c1-30(2,3)13-12-28-16-26-19-11-7-10-18(23)21(19)25-20(26)14-24-22(27)29-15-17-8-5-4-6-9-17/h4-11H,12-16H2,1-3H3,(H,24,27). The van der Waals surface area contributed by atoms with Crippen molar-refractivity contribution >= 4 is 43.1 Å². The first kappa shape index (κ1) is 22.7. The van der Waals surface area contributed by atoms with Gasteiger partial charge in [-0.3, -0.25) is 0 Å². The highest BCUT2D eigenvalue weighted by Crippen LogP contribution is 2.33. The minimum Gasteiger partial charge on any atom is -0.445 e. The highest BCUT2D eigenvalue weighted by atomic mass is 79.9. The van der Waals surface area contributed by atoms with Crippen molar-refractivity contribution in [3.8, 4) is 0 Å². The number of nitrogens with zero attached hydrogens (tertiary/aromatic N) is 2. The van der Waals surface area contributed by atoms with Crippen LogP contribution in [0, 0.1) is 0 Å². The number of amides is 1. The first-order chi connectivity index (χ1) is 14.3. The van der Waals surface area contributed by atoms with E-state index < -0.39 is 16.1 Å². The van der Waals surface area contributed by atoms with Crippen LogP contribution in [-0.4, -0.2) is 46.8 Å². The van der Waals surface area contributed by atoms with Crippen LogP contribution in [0.15, 0.2) is 53.0 Å². The Morgan fingerprint density at radius 2 is 1.90 bits per heavy atom. The van der Waals surface area contributed by atoms with Crippen molar-refractivity contribution in [2.45, 2.75) is 19.9 Å². The summed E-state index contributed by atoms with van der Waals surface area (Å²) in [5.41, 5.74) is 2.75. The number of hydrogen-bond acceptors (Lipinski definition) is 4. The van der Waals surface area contributed by atoms with Crippen molar-refractivity contribution in [1.29, 1.82) is 0 Å². The number of benzene rings is 2. The second-order valence-electron chi connectivity index (χ2n) is 7.81. The molecule has 0 spiro atoms. The number of fused-ring (bicyclic) bond motifs is 1. The highest BCUT2D eigenvalue weighted by Gasteiger charge is 2.14. The number of carbonyl (C=O) groups excluding carboxylic acids is 1. The number of imidazole rings is 1. The molecule has 1 aromatic heterocycles. The fourth-order valence-corrected chi connectivity index (χ4v) is 3.89. The molecule has 1 N–H and O–H groups in total. The van der Waals surface area contributed by atoms with Crippen molar-refractivity contribution in [2.75, 3.05) is 31.1 Å². The van der Waals surface area contributed by atoms with Crippen LogP contribution in [-0.2, 0) is 29.4 Å². The minimum atomic E-state index is -0.606. The molecule has 0 bridgehead atoms. The van der Waals surface area contributed by atoms with Gasteiger partial charge in [-0.15, -0.1) is 0 Å². The molecule has 6 nitrogen and oxygen atoms in total. The Morgan fingerprint density at radius 1 is 1.13 bits per heavy atom. The third-order valence-electron chi connectivity index (χ3n) is 4.47. The van der Waals surface area contributed by atoms with E-state index in [1.807, 2.05) is 53.1 Å². The molecule has 0 aliphatic carbocycles. The van der Waals surface area contributed by atoms with E-state index in [0.29, 0.717) is 13.3 Å². The van der Waals surface area contributed by atoms with Gasteiger partial charge in [-0.05, 0) is 52.4 Å². The summed E-state index contributed by atoms with van der Waals surface area (Å²) >= 11 is 3.56. The van der Waals surface area contributed by atoms with Gasteiger partial charge in [-0.25, -0.2) is 19.8 Å². The van der Waals surface area contributed by atoms with Gasteiger partial charge >= 0.3 is 6.09 Å². The zero-order chi connectivity index (χ0) is 21.6. The van der Waals surface area contributed by atoms with E-state index >= 15 is 0 Å². The normalized spacial score (nSPS) is 12.1. The Hall–Kier alpha value is -2.03. The Kier molecular flexibility index (Phi) is 7.80. The lowest BCUT2D eigenvalue weighted by atomic mass is 10.2. The van der Waals surface area contributed by atoms with E-state index in [2.05, 4.69) is 40.0 Å². The molecule has 3 aromatic rings. The summed E-state index contributed by atoms with van der Waals surface area (Å²) in [7, 11) is -0.606. The van der Waals surface area contributed by atoms with Crippen LogP contribution in [0.25, 0.3) is 11.0 Å². The number of aromatic nitrogens is 2. The first-order valence-corrected chi connectivity index (χ1v) is 13.5. The first-order valence-electron chi connectivity index (χ1n) is 9.65. The van der Waals surface area contributed by atoms with Crippen molar-refractivity contribution in [3.05, 3.63) is 64.4 Å². The second-order valence-corrected chi connectivity index (χ2v) is 13.3. The lowest BCUT2D eigenvalue weighted by Gasteiger charge is -2.24. The largest absolute Gasteiger partial charge is 0.445 e. The maximum absolute atomic E-state index is 12.1. The smallest absolute Gasteiger partial charge is 0.407 e. The number of ether oxygens (including phenoxy) is 2. The van der Waals surface area contributed by atoms with Gasteiger partial charge < -0.3 is 19.4 Å². The molecule has 0 saturated heterocycles. The summed E-state index contributed by atoms with van der Waals surface area (Å²) in [6, 6.07) is 15.5. The molecule has 3 rings (SSSR count). The predicted molar refractivity (Wildman–Crippen MR) is 127 cm³/mol. The van der Waals surface area contributed by atoms with Gasteiger partial charge in [-0.1, -0.05) is 36.4 Å². The van der Waals surface area contributed by atoms with Crippen LogP contribution in [0.4, 0.5) is 4.79 Å². The molecule has 162 valence electrons. The average Bonchev–Trinajstić information content (AvgIpc) is 3.07. The molecule has 2 aromatic carbocycles. The van der Waals surface area contributed by atoms with E-state index in [1.54, 1.807) is 0 Å². The highest BCUT2D eigenvalue weighted by molar-refractivity contribution is 9.10. The number of nitrogens with one attached hydrogen (secondary N) is 1. The predicted octanol–water partition coefficient (Wildman–Crippen LogP) is 4.89. The summed E-state index contributed by atoms with van der Waals surface area (Å²) in [5, 5.41) is 2.79. The van der Waals surface area contributed by atoms with Gasteiger partial charge in [-0.2, -0.15) is 0 Å². The molecular formula is C22H28BrN3O3S. The van der Waals surface area contributed by atoms with Gasteiger partial charge in [0, 0.05) is 10.2 Å². The number of carbonyl (C=O) groups is 1. The lowest BCUT2D eigenvalue weighted by Crippen LogP contribution is -2.25. The average molecular weight is 494 g/mol. The van der Waals surface area contributed by atoms with Crippen molar-refractivity contribution in [2.24, 2.45) is 0 Å². The number of hydrogen-bond donors (Lipinski definition) is 1. The van der Waals surface area contributed by atoms with Crippen LogP contribution >= 0.6 is 26.0 Å². The molecule has 0 saturated carbocycles. The van der Waals surface area contributed by atoms with Crippen LogP contribution in [0.1, 0.15) is 11.4 Å². The van der Waals surface area contributed by atoms with Gasteiger partial charge in [0.05, 0.1) is 18.7 Å². The molecule has 0 radical (unpaired) electrons. The second kappa shape index (κ2) is 10.3. The van der Waals surface area contributed by atoms with E-state index in [0.717, 1.165) is 32.6 Å². The molecular weight excluding hydrogens is 466 g/mol. The summed E-state index contributed by atoms with van der Waals surface area (Å²) in [6.45, 7) is 1.56. The van der Waals surface area contributed by atoms with Crippen molar-refractivity contribution < 1.29 is 14.3 Å². The van der Waals surface area contributed by atoms with E-state index in [-0.39, 0.29) is 13.2 Å². The van der Waals surface area contributed by atoms with Gasteiger partial charge in [0.1, 0.15) is 24.7 Å². The third kappa shape index (κ3) is 6.48. The minimum absolute atomic E-state index is 0.229. The maximum Gasteiger partial charge on any atom is 0.407 e. The van der Waals surface area contributed by atoms with Crippen LogP contribution in [0.2, 0.25) is 0 Å². The van der Waals surface area contributed by atoms with Crippen LogP contribution < -0.4 is 5.32 Å². The SMILES string of the molecule is CS(C)(C)CCOCn1c(CNC(=O)OCc2ccccc2)nc2c(Br)cccc21. The lowest BCUT2D eigenvalue weighted by molar-refractivity contribution is 0.0897. The van der Waals surface area contributed by atoms with Gasteiger partial charge in [0.2, 0.25) is 0 Å². The summed E-state index contributed by atoms with van der Waals surface area (Å²) in [4.78, 5) is 16.8. The molecule has 1 amide bonds. The maximum atomic E-state index is 12.1. The van der Waals surface area contributed by atoms with Gasteiger partial charge in [0.25, 0.3) is 0 Å². The molecule has 0 unspecified atom stereocenters. The monoisotopic (exact) mass is 493 g/mol. The number of para-hydroxylation sites is 1. The van der Waals surface area contributed by atoms with E-state index in [4.69, 9.17) is 14.5 Å². The van der Waals surface area contributed by atoms with E-state index in [1.165, 1.54) is 0 Å². The Labute approximate surface area is 187 Å². The summed E-state index contributed by atoms with van der Waals surface area (Å²) < 4.78 is 14.1. The van der Waals surface area contributed by atoms with Gasteiger partial charge in [0.15, 0.2) is 0 Å². The fraction of sp³-hybridized carbons (Fsp3) is 0.364. The fourth-order valence-electron chi connectivity index (χ4n) is 2.83. The molecule has 1 heterocycles. The number of halogens is 1. The quantitative estimate of drug-likeness (QED) is 0.430. The van der Waals surface area contributed by atoms with Crippen LogP contribution in [0.5, 0.6) is 0 Å². The molecule has 0 aliphatic heterocycles. The number of alkyl carbamates (subject to hydrolysis) is 1. The molecule has 0 atom stereocenters. The zero-order valence-electron chi connectivity index (χ0n) is 17.6. The third-order valence-corrected chi connectivity index (χ3v) is 6.50. The molecule has 8 heteroatoms. The Balaban J connectivity index is 1.64. The Bertz CT molecular complexity index is 986. The number of rotatable bonds is 9. The molecule has 0 aliphatic rings. The van der Waals surface area contributed by atoms with Crippen LogP contribution in [0.3, 0.4) is 0 Å². The summed E-state index contributed by atoms with van der Waals surface area (Å²) in [5.74, 6) is 1.76. The van der Waals surface area contributed by atoms with Crippen molar-refractivity contribution in [1.82, 2.24) is 14.9 Å². The topological polar surface area (TPSA) is 65.4 Å². The molecule has 0 fully saturated rings. The zero-order valence-corrected chi connectivity index (χ0v) is 20.0.